The summed E-state index contributed by atoms with van der Waals surface area (Å²) in [6.07, 6.45) is 16.6. The Bertz CT molecular complexity index is 744. The van der Waals surface area contributed by atoms with Gasteiger partial charge in [-0.25, -0.2) is 0 Å². The van der Waals surface area contributed by atoms with Crippen LogP contribution in [0.5, 0.6) is 0 Å². The fourth-order valence-electron chi connectivity index (χ4n) is 4.49. The highest BCUT2D eigenvalue weighted by Crippen LogP contribution is 2.39. The Morgan fingerprint density at radius 1 is 0.778 bits per heavy atom. The van der Waals surface area contributed by atoms with Gasteiger partial charge in [0.2, 0.25) is 0 Å². The van der Waals surface area contributed by atoms with E-state index < -0.39 is 0 Å². The van der Waals surface area contributed by atoms with Gasteiger partial charge in [0.1, 0.15) is 6.29 Å². The van der Waals surface area contributed by atoms with Gasteiger partial charge in [-0.15, -0.1) is 0 Å². The molecule has 0 heterocycles. The fourth-order valence-corrected chi connectivity index (χ4v) is 4.49. The van der Waals surface area contributed by atoms with Crippen LogP contribution >= 0.6 is 0 Å². The van der Waals surface area contributed by atoms with E-state index in [2.05, 4.69) is 37.3 Å². The van der Waals surface area contributed by atoms with Crippen molar-refractivity contribution in [2.75, 3.05) is 0 Å². The van der Waals surface area contributed by atoms with Crippen LogP contribution in [0.2, 0.25) is 0 Å². The number of aldehydes is 1. The first-order valence-corrected chi connectivity index (χ1v) is 11.0. The lowest BCUT2D eigenvalue weighted by Crippen LogP contribution is -2.00. The first-order chi connectivity index (χ1) is 13.3. The quantitative estimate of drug-likeness (QED) is 0.240. The molecule has 0 saturated heterocycles. The van der Waals surface area contributed by atoms with Crippen LogP contribution in [-0.2, 0) is 12.8 Å². The third-order valence-electron chi connectivity index (χ3n) is 6.05. The van der Waals surface area contributed by atoms with Crippen molar-refractivity contribution in [1.82, 2.24) is 0 Å². The largest absolute Gasteiger partial charge is 0.298 e. The number of carbonyl (C=O) groups excluding carboxylic acids is 1. The second kappa shape index (κ2) is 10.4. The molecule has 0 atom stereocenters. The predicted octanol–water partition coefficient (Wildman–Crippen LogP) is 7.53. The van der Waals surface area contributed by atoms with Crippen molar-refractivity contribution in [2.24, 2.45) is 0 Å². The summed E-state index contributed by atoms with van der Waals surface area (Å²) in [5.41, 5.74) is 7.71. The van der Waals surface area contributed by atoms with Gasteiger partial charge in [0.15, 0.2) is 0 Å². The third-order valence-corrected chi connectivity index (χ3v) is 6.05. The molecule has 1 aliphatic rings. The van der Waals surface area contributed by atoms with E-state index in [1.54, 1.807) is 0 Å². The van der Waals surface area contributed by atoms with Crippen LogP contribution in [0, 0.1) is 0 Å². The van der Waals surface area contributed by atoms with Gasteiger partial charge in [-0.1, -0.05) is 101 Å². The summed E-state index contributed by atoms with van der Waals surface area (Å²) in [6.45, 7) is 2.27. The van der Waals surface area contributed by atoms with Crippen LogP contribution < -0.4 is 0 Å². The molecule has 0 radical (unpaired) electrons. The summed E-state index contributed by atoms with van der Waals surface area (Å²) in [5.74, 6) is 0. The zero-order valence-electron chi connectivity index (χ0n) is 16.9. The van der Waals surface area contributed by atoms with E-state index in [0.29, 0.717) is 0 Å². The number of hydrogen-bond donors (Lipinski definition) is 0. The van der Waals surface area contributed by atoms with Gasteiger partial charge in [-0.3, -0.25) is 4.79 Å². The van der Waals surface area contributed by atoms with Crippen molar-refractivity contribution in [2.45, 2.75) is 84.0 Å². The summed E-state index contributed by atoms with van der Waals surface area (Å²) in [4.78, 5) is 11.6. The van der Waals surface area contributed by atoms with Crippen LogP contribution in [0.1, 0.15) is 98.2 Å². The number of hydrogen-bond acceptors (Lipinski definition) is 1. The molecule has 2 aromatic rings. The van der Waals surface area contributed by atoms with Gasteiger partial charge in [-0.05, 0) is 47.1 Å². The van der Waals surface area contributed by atoms with Crippen LogP contribution in [0.3, 0.4) is 0 Å². The molecule has 0 unspecified atom stereocenters. The second-order valence-electron chi connectivity index (χ2n) is 8.04. The molecular weight excluding hydrogens is 328 g/mol. The lowest BCUT2D eigenvalue weighted by Gasteiger charge is -2.12. The standard InChI is InChI=1S/C26H34O/c1-2-3-4-5-6-7-8-9-10-11-15-24-22(20-27)17-18-25-23-16-13-12-14-21(23)19-26(24)25/h12-14,16-18,20H,2-11,15,19H2,1H3. The lowest BCUT2D eigenvalue weighted by atomic mass is 9.92. The third kappa shape index (κ3) is 5.09. The van der Waals surface area contributed by atoms with Crippen molar-refractivity contribution in [3.63, 3.8) is 0 Å². The van der Waals surface area contributed by atoms with Gasteiger partial charge in [-0.2, -0.15) is 0 Å². The highest BCUT2D eigenvalue weighted by atomic mass is 16.1. The monoisotopic (exact) mass is 362 g/mol. The van der Waals surface area contributed by atoms with Gasteiger partial charge in [0.25, 0.3) is 0 Å². The summed E-state index contributed by atoms with van der Waals surface area (Å²) >= 11 is 0. The van der Waals surface area contributed by atoms with Crippen LogP contribution in [0.4, 0.5) is 0 Å². The number of fused-ring (bicyclic) bond motifs is 3. The SMILES string of the molecule is CCCCCCCCCCCCc1c(C=O)ccc2c1Cc1ccccc1-2. The molecule has 27 heavy (non-hydrogen) atoms. The molecule has 2 aromatic carbocycles. The Morgan fingerprint density at radius 2 is 1.44 bits per heavy atom. The van der Waals surface area contributed by atoms with E-state index in [1.807, 2.05) is 6.07 Å². The first kappa shape index (κ1) is 19.9. The van der Waals surface area contributed by atoms with Crippen LogP contribution in [0.15, 0.2) is 36.4 Å². The topological polar surface area (TPSA) is 17.1 Å². The summed E-state index contributed by atoms with van der Waals surface area (Å²) in [7, 11) is 0. The van der Waals surface area contributed by atoms with E-state index in [9.17, 15) is 4.79 Å². The predicted molar refractivity (Wildman–Crippen MR) is 116 cm³/mol. The Kier molecular flexibility index (Phi) is 7.68. The Hall–Kier alpha value is -1.89. The molecule has 0 spiro atoms. The number of carbonyl (C=O) groups is 1. The van der Waals surface area contributed by atoms with E-state index >= 15 is 0 Å². The van der Waals surface area contributed by atoms with Gasteiger partial charge in [0.05, 0.1) is 0 Å². The number of benzene rings is 2. The molecule has 1 aliphatic carbocycles. The van der Waals surface area contributed by atoms with Crippen molar-refractivity contribution in [3.05, 3.63) is 58.7 Å². The average Bonchev–Trinajstić information content (AvgIpc) is 3.08. The van der Waals surface area contributed by atoms with Crippen LogP contribution in [0.25, 0.3) is 11.1 Å². The zero-order chi connectivity index (χ0) is 18.9. The molecule has 0 fully saturated rings. The van der Waals surface area contributed by atoms with Crippen molar-refractivity contribution in [3.8, 4) is 11.1 Å². The Balaban J connectivity index is 1.49. The van der Waals surface area contributed by atoms with Gasteiger partial charge >= 0.3 is 0 Å². The molecule has 1 heteroatoms. The molecule has 0 aromatic heterocycles. The average molecular weight is 363 g/mol. The van der Waals surface area contributed by atoms with Gasteiger partial charge < -0.3 is 0 Å². The van der Waals surface area contributed by atoms with Crippen molar-refractivity contribution >= 4 is 6.29 Å². The van der Waals surface area contributed by atoms with E-state index in [0.717, 1.165) is 24.7 Å². The van der Waals surface area contributed by atoms with E-state index in [4.69, 9.17) is 0 Å². The highest BCUT2D eigenvalue weighted by Gasteiger charge is 2.22. The molecule has 144 valence electrons. The van der Waals surface area contributed by atoms with E-state index in [1.165, 1.54) is 92.0 Å². The Morgan fingerprint density at radius 3 is 2.15 bits per heavy atom. The van der Waals surface area contributed by atoms with Crippen molar-refractivity contribution in [1.29, 1.82) is 0 Å². The van der Waals surface area contributed by atoms with Gasteiger partial charge in [0, 0.05) is 5.56 Å². The summed E-state index contributed by atoms with van der Waals surface area (Å²) in [5, 5.41) is 0. The lowest BCUT2D eigenvalue weighted by molar-refractivity contribution is 0.112. The molecule has 0 bridgehead atoms. The molecule has 0 aliphatic heterocycles. The first-order valence-electron chi connectivity index (χ1n) is 11.0. The maximum absolute atomic E-state index is 11.6. The maximum atomic E-state index is 11.6. The molecule has 0 saturated carbocycles. The van der Waals surface area contributed by atoms with Crippen LogP contribution in [-0.4, -0.2) is 6.29 Å². The highest BCUT2D eigenvalue weighted by molar-refractivity contribution is 5.85. The number of rotatable bonds is 12. The molecule has 3 rings (SSSR count). The summed E-state index contributed by atoms with van der Waals surface area (Å²) < 4.78 is 0. The fraction of sp³-hybridized carbons (Fsp3) is 0.500. The normalized spacial score (nSPS) is 12.0. The number of unbranched alkanes of at least 4 members (excludes halogenated alkanes) is 9. The smallest absolute Gasteiger partial charge is 0.150 e. The summed E-state index contributed by atoms with van der Waals surface area (Å²) in [6, 6.07) is 12.8. The molecule has 0 amide bonds. The maximum Gasteiger partial charge on any atom is 0.150 e. The molecular formula is C26H34O. The minimum Gasteiger partial charge on any atom is -0.298 e. The minimum absolute atomic E-state index is 0.900. The second-order valence-corrected chi connectivity index (χ2v) is 8.04. The molecule has 0 N–H and O–H groups in total. The van der Waals surface area contributed by atoms with Crippen molar-refractivity contribution < 1.29 is 4.79 Å². The van der Waals surface area contributed by atoms with E-state index in [-0.39, 0.29) is 0 Å². The Labute approximate surface area is 165 Å². The molecule has 1 nitrogen and oxygen atoms in total. The minimum atomic E-state index is 0.900. The zero-order valence-corrected chi connectivity index (χ0v) is 16.9.